The van der Waals surface area contributed by atoms with Crippen molar-refractivity contribution in [3.63, 3.8) is 0 Å². The minimum Gasteiger partial charge on any atom is -0.438 e. The first-order chi connectivity index (χ1) is 6.83. The van der Waals surface area contributed by atoms with Gasteiger partial charge in [-0.1, -0.05) is 6.42 Å². The van der Waals surface area contributed by atoms with Gasteiger partial charge in [-0.25, -0.2) is 4.79 Å². The lowest BCUT2D eigenvalue weighted by Gasteiger charge is -2.10. The van der Waals surface area contributed by atoms with E-state index in [-0.39, 0.29) is 6.61 Å². The normalized spacial score (nSPS) is 15.6. The van der Waals surface area contributed by atoms with Crippen molar-refractivity contribution in [1.82, 2.24) is 0 Å². The topological polar surface area (TPSA) is 35.5 Å². The molecule has 0 unspecified atom stereocenters. The van der Waals surface area contributed by atoms with Crippen molar-refractivity contribution in [3.8, 4) is 0 Å². The SMILES string of the molecule is COC(=O)OCC=C=C1CCCCC1. The first-order valence-electron chi connectivity index (χ1n) is 4.96. The second-order valence-corrected chi connectivity index (χ2v) is 3.28. The fraction of sp³-hybridized carbons (Fsp3) is 0.636. The van der Waals surface area contributed by atoms with Crippen molar-refractivity contribution in [2.45, 2.75) is 32.1 Å². The summed E-state index contributed by atoms with van der Waals surface area (Å²) in [6, 6.07) is 0. The van der Waals surface area contributed by atoms with Gasteiger partial charge in [-0.15, -0.1) is 5.73 Å². The summed E-state index contributed by atoms with van der Waals surface area (Å²) < 4.78 is 9.02. The van der Waals surface area contributed by atoms with Gasteiger partial charge >= 0.3 is 6.16 Å². The summed E-state index contributed by atoms with van der Waals surface area (Å²) in [6.07, 6.45) is 7.21. The fourth-order valence-corrected chi connectivity index (χ4v) is 1.48. The second kappa shape index (κ2) is 6.28. The van der Waals surface area contributed by atoms with E-state index in [1.54, 1.807) is 6.08 Å². The molecule has 1 aliphatic carbocycles. The molecule has 0 bridgehead atoms. The molecular weight excluding hydrogens is 180 g/mol. The zero-order chi connectivity index (χ0) is 10.2. The summed E-state index contributed by atoms with van der Waals surface area (Å²) in [4.78, 5) is 10.6. The number of carbonyl (C=O) groups is 1. The first kappa shape index (κ1) is 10.9. The zero-order valence-corrected chi connectivity index (χ0v) is 8.54. The van der Waals surface area contributed by atoms with Crippen LogP contribution in [-0.4, -0.2) is 19.9 Å². The number of hydrogen-bond donors (Lipinski definition) is 0. The molecule has 1 saturated carbocycles. The van der Waals surface area contributed by atoms with Gasteiger partial charge < -0.3 is 9.47 Å². The Hall–Kier alpha value is -1.21. The summed E-state index contributed by atoms with van der Waals surface area (Å²) in [5.74, 6) is 0. The van der Waals surface area contributed by atoms with Crippen LogP contribution in [0.3, 0.4) is 0 Å². The zero-order valence-electron chi connectivity index (χ0n) is 8.54. The van der Waals surface area contributed by atoms with Crippen molar-refractivity contribution < 1.29 is 14.3 Å². The molecule has 1 fully saturated rings. The molecule has 0 saturated heterocycles. The molecule has 0 heterocycles. The van der Waals surface area contributed by atoms with Crippen LogP contribution < -0.4 is 0 Å². The Morgan fingerprint density at radius 2 is 2.14 bits per heavy atom. The van der Waals surface area contributed by atoms with E-state index in [9.17, 15) is 4.79 Å². The maximum absolute atomic E-state index is 10.6. The van der Waals surface area contributed by atoms with Crippen LogP contribution in [0.2, 0.25) is 0 Å². The molecule has 0 N–H and O–H groups in total. The van der Waals surface area contributed by atoms with Crippen LogP contribution in [0.5, 0.6) is 0 Å². The van der Waals surface area contributed by atoms with Crippen molar-refractivity contribution in [2.24, 2.45) is 0 Å². The predicted molar refractivity (Wildman–Crippen MR) is 53.0 cm³/mol. The summed E-state index contributed by atoms with van der Waals surface area (Å²) >= 11 is 0. The van der Waals surface area contributed by atoms with Crippen molar-refractivity contribution in [1.29, 1.82) is 0 Å². The van der Waals surface area contributed by atoms with E-state index in [2.05, 4.69) is 15.2 Å². The average Bonchev–Trinajstić information content (AvgIpc) is 2.25. The Morgan fingerprint density at radius 3 is 2.79 bits per heavy atom. The van der Waals surface area contributed by atoms with Crippen LogP contribution in [0.15, 0.2) is 17.4 Å². The summed E-state index contributed by atoms with van der Waals surface area (Å²) in [7, 11) is 1.30. The van der Waals surface area contributed by atoms with Crippen LogP contribution >= 0.6 is 0 Å². The smallest absolute Gasteiger partial charge is 0.438 e. The summed E-state index contributed by atoms with van der Waals surface area (Å²) in [5, 5.41) is 0. The highest BCUT2D eigenvalue weighted by Gasteiger charge is 2.03. The fourth-order valence-electron chi connectivity index (χ4n) is 1.48. The second-order valence-electron chi connectivity index (χ2n) is 3.28. The highest BCUT2D eigenvalue weighted by atomic mass is 16.7. The maximum Gasteiger partial charge on any atom is 0.508 e. The third kappa shape index (κ3) is 4.15. The molecule has 0 spiro atoms. The number of hydrogen-bond acceptors (Lipinski definition) is 3. The first-order valence-corrected chi connectivity index (χ1v) is 4.96. The van der Waals surface area contributed by atoms with Crippen LogP contribution in [0.25, 0.3) is 0 Å². The molecule has 1 aliphatic rings. The lowest BCUT2D eigenvalue weighted by atomic mass is 9.96. The number of methoxy groups -OCH3 is 1. The minimum atomic E-state index is -0.642. The number of ether oxygens (including phenoxy) is 2. The van der Waals surface area contributed by atoms with E-state index in [0.29, 0.717) is 0 Å². The standard InChI is InChI=1S/C11H16O3/c1-13-11(12)14-9-5-8-10-6-3-2-4-7-10/h5H,2-4,6-7,9H2,1H3. The van der Waals surface area contributed by atoms with Gasteiger partial charge in [0.2, 0.25) is 0 Å². The average molecular weight is 196 g/mol. The van der Waals surface area contributed by atoms with Crippen LogP contribution in [0.1, 0.15) is 32.1 Å². The highest BCUT2D eigenvalue weighted by Crippen LogP contribution is 2.21. The van der Waals surface area contributed by atoms with Gasteiger partial charge in [0.15, 0.2) is 0 Å². The van der Waals surface area contributed by atoms with E-state index in [1.807, 2.05) is 0 Å². The Kier molecular flexibility index (Phi) is 4.87. The highest BCUT2D eigenvalue weighted by molar-refractivity contribution is 5.59. The molecule has 0 aliphatic heterocycles. The van der Waals surface area contributed by atoms with E-state index in [4.69, 9.17) is 0 Å². The Balaban J connectivity index is 2.27. The maximum atomic E-state index is 10.6. The molecular formula is C11H16O3. The molecule has 0 aromatic carbocycles. The third-order valence-corrected chi connectivity index (χ3v) is 2.21. The third-order valence-electron chi connectivity index (χ3n) is 2.21. The summed E-state index contributed by atoms with van der Waals surface area (Å²) in [6.45, 7) is 0.246. The minimum absolute atomic E-state index is 0.246. The van der Waals surface area contributed by atoms with Crippen molar-refractivity contribution in [3.05, 3.63) is 17.4 Å². The summed E-state index contributed by atoms with van der Waals surface area (Å²) in [5.41, 5.74) is 4.50. The van der Waals surface area contributed by atoms with E-state index >= 15 is 0 Å². The number of rotatable bonds is 2. The molecule has 0 aromatic heterocycles. The molecule has 0 aromatic rings. The largest absolute Gasteiger partial charge is 0.508 e. The molecule has 0 amide bonds. The monoisotopic (exact) mass is 196 g/mol. The van der Waals surface area contributed by atoms with Gasteiger partial charge in [0, 0.05) is 0 Å². The molecule has 0 radical (unpaired) electrons. The Morgan fingerprint density at radius 1 is 1.43 bits per heavy atom. The van der Waals surface area contributed by atoms with Crippen molar-refractivity contribution in [2.75, 3.05) is 13.7 Å². The molecule has 14 heavy (non-hydrogen) atoms. The van der Waals surface area contributed by atoms with E-state index < -0.39 is 6.16 Å². The van der Waals surface area contributed by atoms with Crippen LogP contribution in [0.4, 0.5) is 4.79 Å². The lowest BCUT2D eigenvalue weighted by Crippen LogP contribution is -2.03. The van der Waals surface area contributed by atoms with Gasteiger partial charge in [-0.2, -0.15) is 0 Å². The van der Waals surface area contributed by atoms with E-state index in [0.717, 1.165) is 12.8 Å². The quantitative estimate of drug-likeness (QED) is 0.503. The molecule has 3 heteroatoms. The van der Waals surface area contributed by atoms with E-state index in [1.165, 1.54) is 31.9 Å². The van der Waals surface area contributed by atoms with Crippen LogP contribution in [-0.2, 0) is 9.47 Å². The van der Waals surface area contributed by atoms with Gasteiger partial charge in [0.1, 0.15) is 6.61 Å². The number of carbonyl (C=O) groups excluding carboxylic acids is 1. The van der Waals surface area contributed by atoms with Gasteiger partial charge in [0.05, 0.1) is 7.11 Å². The van der Waals surface area contributed by atoms with Gasteiger partial charge in [-0.3, -0.25) is 0 Å². The van der Waals surface area contributed by atoms with Gasteiger partial charge in [-0.05, 0) is 37.3 Å². The molecule has 0 atom stereocenters. The molecule has 1 rings (SSSR count). The predicted octanol–water partition coefficient (Wildman–Crippen LogP) is 2.82. The lowest BCUT2D eigenvalue weighted by molar-refractivity contribution is 0.0818. The Labute approximate surface area is 84.4 Å². The molecule has 3 nitrogen and oxygen atoms in total. The molecule has 78 valence electrons. The van der Waals surface area contributed by atoms with Gasteiger partial charge in [0.25, 0.3) is 0 Å². The van der Waals surface area contributed by atoms with Crippen LogP contribution in [0, 0.1) is 0 Å². The Bertz CT molecular complexity index is 241. The van der Waals surface area contributed by atoms with Crippen molar-refractivity contribution >= 4 is 6.16 Å².